The van der Waals surface area contributed by atoms with Crippen molar-refractivity contribution in [3.05, 3.63) is 11.9 Å². The normalized spacial score (nSPS) is 18.2. The molecule has 3 nitrogen and oxygen atoms in total. The fraction of sp³-hybridized carbons (Fsp3) is 0.600. The molecule has 3 heteroatoms. The van der Waals surface area contributed by atoms with Gasteiger partial charge < -0.3 is 5.43 Å². The first-order valence-electron chi connectivity index (χ1n) is 2.78. The summed E-state index contributed by atoms with van der Waals surface area (Å²) in [5.74, 6) is 0. The summed E-state index contributed by atoms with van der Waals surface area (Å²) in [6, 6.07) is 0. The van der Waals surface area contributed by atoms with Gasteiger partial charge in [0.25, 0.3) is 0 Å². The maximum atomic E-state index is 2.91. The first-order valence-corrected chi connectivity index (χ1v) is 2.78. The molecule has 1 aliphatic heterocycles. The van der Waals surface area contributed by atoms with Crippen molar-refractivity contribution < 1.29 is 0 Å². The van der Waals surface area contributed by atoms with Crippen LogP contribution in [0.2, 0.25) is 0 Å². The molecule has 1 aliphatic rings. The fourth-order valence-electron chi connectivity index (χ4n) is 0.720. The quantitative estimate of drug-likeness (QED) is 0.508. The molecule has 0 fully saturated rings. The highest BCUT2D eigenvalue weighted by atomic mass is 15.7. The molecule has 0 aromatic rings. The van der Waals surface area contributed by atoms with Crippen LogP contribution in [0.25, 0.3) is 0 Å². The largest absolute Gasteiger partial charge is 0.309 e. The van der Waals surface area contributed by atoms with Crippen LogP contribution in [0.3, 0.4) is 0 Å². The van der Waals surface area contributed by atoms with Gasteiger partial charge in [-0.05, 0) is 6.42 Å². The lowest BCUT2D eigenvalue weighted by atomic mass is 10.4. The Bertz CT molecular complexity index is 108. The van der Waals surface area contributed by atoms with E-state index in [-0.39, 0.29) is 0 Å². The van der Waals surface area contributed by atoms with Gasteiger partial charge in [-0.3, -0.25) is 5.01 Å². The lowest BCUT2D eigenvalue weighted by Crippen LogP contribution is -2.33. The molecule has 0 aromatic carbocycles. The molecule has 0 amide bonds. The van der Waals surface area contributed by atoms with Crippen molar-refractivity contribution in [2.24, 2.45) is 0 Å². The van der Waals surface area contributed by atoms with Gasteiger partial charge in [-0.15, -0.1) is 5.53 Å². The summed E-state index contributed by atoms with van der Waals surface area (Å²) in [4.78, 5) is 0. The van der Waals surface area contributed by atoms with Crippen LogP contribution in [-0.4, -0.2) is 12.1 Å². The fourth-order valence-corrected chi connectivity index (χ4v) is 0.720. The van der Waals surface area contributed by atoms with Crippen molar-refractivity contribution in [3.63, 3.8) is 0 Å². The van der Waals surface area contributed by atoms with Crippen LogP contribution < -0.4 is 11.0 Å². The molecule has 0 spiro atoms. The smallest absolute Gasteiger partial charge is 0.0476 e. The third-order valence-electron chi connectivity index (χ3n) is 1.26. The number of nitrogens with zero attached hydrogens (tertiary/aromatic N) is 1. The zero-order valence-electron chi connectivity index (χ0n) is 5.23. The molecular formula is C5H11N3. The van der Waals surface area contributed by atoms with Gasteiger partial charge in [0.15, 0.2) is 0 Å². The lowest BCUT2D eigenvalue weighted by molar-refractivity contribution is 0.300. The predicted molar refractivity (Wildman–Crippen MR) is 32.4 cm³/mol. The van der Waals surface area contributed by atoms with E-state index < -0.39 is 0 Å². The van der Waals surface area contributed by atoms with Crippen LogP contribution in [0.1, 0.15) is 13.3 Å². The molecule has 0 saturated heterocycles. The molecule has 0 unspecified atom stereocenters. The second kappa shape index (κ2) is 2.05. The maximum Gasteiger partial charge on any atom is 0.0476 e. The van der Waals surface area contributed by atoms with Crippen molar-refractivity contribution >= 4 is 0 Å². The summed E-state index contributed by atoms with van der Waals surface area (Å²) in [5, 5.41) is 1.96. The van der Waals surface area contributed by atoms with Gasteiger partial charge in [-0.25, -0.2) is 0 Å². The van der Waals surface area contributed by atoms with Crippen LogP contribution in [0, 0.1) is 0 Å². The van der Waals surface area contributed by atoms with E-state index in [1.54, 1.807) is 0 Å². The number of hydrogen-bond donors (Lipinski definition) is 2. The summed E-state index contributed by atoms with van der Waals surface area (Å²) in [5.41, 5.74) is 7.08. The molecule has 46 valence electrons. The van der Waals surface area contributed by atoms with Crippen molar-refractivity contribution in [2.45, 2.75) is 13.3 Å². The van der Waals surface area contributed by atoms with E-state index in [9.17, 15) is 0 Å². The Kier molecular flexibility index (Phi) is 1.39. The van der Waals surface area contributed by atoms with Crippen molar-refractivity contribution in [1.82, 2.24) is 16.0 Å². The lowest BCUT2D eigenvalue weighted by Gasteiger charge is -2.12. The number of rotatable bonds is 1. The number of hydrogen-bond acceptors (Lipinski definition) is 3. The Morgan fingerprint density at radius 3 is 2.75 bits per heavy atom. The van der Waals surface area contributed by atoms with Crippen LogP contribution in [0.5, 0.6) is 0 Å². The van der Waals surface area contributed by atoms with E-state index in [0.717, 1.165) is 6.42 Å². The van der Waals surface area contributed by atoms with Gasteiger partial charge in [0.2, 0.25) is 0 Å². The second-order valence-corrected chi connectivity index (χ2v) is 1.80. The number of hydrazine groups is 2. The molecule has 0 aromatic heterocycles. The van der Waals surface area contributed by atoms with Gasteiger partial charge in [0.05, 0.1) is 0 Å². The first-order chi connectivity index (χ1) is 3.84. The van der Waals surface area contributed by atoms with Crippen molar-refractivity contribution in [2.75, 3.05) is 7.05 Å². The Labute approximate surface area is 49.3 Å². The molecule has 0 atom stereocenters. The minimum absolute atomic E-state index is 1.07. The third kappa shape index (κ3) is 0.767. The number of allylic oxidation sites excluding steroid dienone is 1. The standard InChI is InChI=1S/C5H11N3/c1-3-5-4-6-7-8(5)2/h4,6-7H,3H2,1-2H3. The van der Waals surface area contributed by atoms with E-state index in [2.05, 4.69) is 17.9 Å². The molecule has 8 heavy (non-hydrogen) atoms. The summed E-state index contributed by atoms with van der Waals surface area (Å²) >= 11 is 0. The maximum absolute atomic E-state index is 2.91. The Morgan fingerprint density at radius 1 is 1.75 bits per heavy atom. The monoisotopic (exact) mass is 113 g/mol. The van der Waals surface area contributed by atoms with Gasteiger partial charge in [0.1, 0.15) is 0 Å². The van der Waals surface area contributed by atoms with E-state index >= 15 is 0 Å². The first kappa shape index (κ1) is 5.44. The Morgan fingerprint density at radius 2 is 2.50 bits per heavy atom. The highest BCUT2D eigenvalue weighted by molar-refractivity contribution is 4.99. The summed E-state index contributed by atoms with van der Waals surface area (Å²) in [7, 11) is 1.98. The van der Waals surface area contributed by atoms with Crippen LogP contribution in [0.4, 0.5) is 0 Å². The van der Waals surface area contributed by atoms with E-state index in [1.165, 1.54) is 5.70 Å². The highest BCUT2D eigenvalue weighted by Gasteiger charge is 2.04. The topological polar surface area (TPSA) is 27.3 Å². The predicted octanol–water partition coefficient (Wildman–Crippen LogP) is 0.192. The zero-order chi connectivity index (χ0) is 5.98. The third-order valence-corrected chi connectivity index (χ3v) is 1.26. The van der Waals surface area contributed by atoms with Gasteiger partial charge in [-0.1, -0.05) is 6.92 Å². The molecular weight excluding hydrogens is 102 g/mol. The average Bonchev–Trinajstić information content (AvgIpc) is 2.14. The Hall–Kier alpha value is -0.700. The van der Waals surface area contributed by atoms with E-state index in [1.807, 2.05) is 18.3 Å². The Balaban J connectivity index is 2.49. The minimum Gasteiger partial charge on any atom is -0.309 e. The van der Waals surface area contributed by atoms with E-state index in [0.29, 0.717) is 0 Å². The molecule has 0 saturated carbocycles. The second-order valence-electron chi connectivity index (χ2n) is 1.80. The molecule has 2 N–H and O–H groups in total. The molecule has 0 bridgehead atoms. The van der Waals surface area contributed by atoms with E-state index in [4.69, 9.17) is 0 Å². The van der Waals surface area contributed by atoms with Crippen molar-refractivity contribution in [1.29, 1.82) is 0 Å². The average molecular weight is 113 g/mol. The molecule has 1 rings (SSSR count). The van der Waals surface area contributed by atoms with Gasteiger partial charge in [-0.2, -0.15) is 0 Å². The van der Waals surface area contributed by atoms with Crippen LogP contribution in [-0.2, 0) is 0 Å². The summed E-state index contributed by atoms with van der Waals surface area (Å²) in [6.07, 6.45) is 3.02. The minimum atomic E-state index is 1.07. The summed E-state index contributed by atoms with van der Waals surface area (Å²) < 4.78 is 0. The zero-order valence-corrected chi connectivity index (χ0v) is 5.23. The SMILES string of the molecule is CCC1=CNNN1C. The number of nitrogens with one attached hydrogen (secondary N) is 2. The highest BCUT2D eigenvalue weighted by Crippen LogP contribution is 2.03. The molecule has 1 heterocycles. The van der Waals surface area contributed by atoms with Crippen molar-refractivity contribution in [3.8, 4) is 0 Å². The van der Waals surface area contributed by atoms with Gasteiger partial charge in [0, 0.05) is 18.9 Å². The van der Waals surface area contributed by atoms with Crippen LogP contribution >= 0.6 is 0 Å². The van der Waals surface area contributed by atoms with Gasteiger partial charge >= 0.3 is 0 Å². The summed E-state index contributed by atoms with van der Waals surface area (Å²) in [6.45, 7) is 2.12. The molecule has 0 aliphatic carbocycles. The molecule has 0 radical (unpaired) electrons. The van der Waals surface area contributed by atoms with Crippen LogP contribution in [0.15, 0.2) is 11.9 Å².